The zero-order valence-corrected chi connectivity index (χ0v) is 14.4. The monoisotopic (exact) mass is 337 g/mol. The van der Waals surface area contributed by atoms with Gasteiger partial charge in [-0.1, -0.05) is 6.07 Å². The van der Waals surface area contributed by atoms with Crippen LogP contribution in [-0.2, 0) is 6.54 Å². The minimum atomic E-state index is -0.243. The van der Waals surface area contributed by atoms with Gasteiger partial charge in [0.05, 0.1) is 12.8 Å². The summed E-state index contributed by atoms with van der Waals surface area (Å²) in [5.41, 5.74) is 3.26. The maximum atomic E-state index is 12.3. The second-order valence-corrected chi connectivity index (χ2v) is 5.61. The molecule has 3 aromatic rings. The Morgan fingerprint density at radius 2 is 2.08 bits per heavy atom. The number of aromatic nitrogens is 4. The van der Waals surface area contributed by atoms with Gasteiger partial charge in [0.2, 0.25) is 5.88 Å². The number of methoxy groups -OCH3 is 1. The van der Waals surface area contributed by atoms with E-state index in [2.05, 4.69) is 20.4 Å². The van der Waals surface area contributed by atoms with Crippen molar-refractivity contribution in [3.63, 3.8) is 0 Å². The summed E-state index contributed by atoms with van der Waals surface area (Å²) in [5, 5.41) is 7.25. The molecule has 1 amide bonds. The zero-order chi connectivity index (χ0) is 17.8. The standard InChI is InChI=1S/C18H19N5O2/c1-12-9-13(2)23(22-12)16-7-6-14(10-20-16)11-21-17(24)15-5-4-8-19-18(15)25-3/h4-10H,11H2,1-3H3,(H,21,24). The van der Waals surface area contributed by atoms with Crippen molar-refractivity contribution in [1.82, 2.24) is 25.1 Å². The van der Waals surface area contributed by atoms with Crippen molar-refractivity contribution in [2.24, 2.45) is 0 Å². The van der Waals surface area contributed by atoms with Crippen LogP contribution in [0.2, 0.25) is 0 Å². The molecule has 0 atom stereocenters. The summed E-state index contributed by atoms with van der Waals surface area (Å²) in [5.74, 6) is 0.806. The third-order valence-corrected chi connectivity index (χ3v) is 3.70. The third-order valence-electron chi connectivity index (χ3n) is 3.70. The molecule has 0 bridgehead atoms. The van der Waals surface area contributed by atoms with Gasteiger partial charge in [0.1, 0.15) is 5.56 Å². The zero-order valence-electron chi connectivity index (χ0n) is 14.4. The van der Waals surface area contributed by atoms with Crippen LogP contribution in [0.1, 0.15) is 27.3 Å². The molecule has 3 aromatic heterocycles. The van der Waals surface area contributed by atoms with E-state index in [-0.39, 0.29) is 5.91 Å². The van der Waals surface area contributed by atoms with Crippen molar-refractivity contribution in [1.29, 1.82) is 0 Å². The molecule has 0 spiro atoms. The molecule has 0 saturated heterocycles. The normalized spacial score (nSPS) is 10.5. The number of rotatable bonds is 5. The van der Waals surface area contributed by atoms with E-state index in [4.69, 9.17) is 4.74 Å². The molecule has 25 heavy (non-hydrogen) atoms. The van der Waals surface area contributed by atoms with E-state index in [1.807, 2.05) is 32.0 Å². The van der Waals surface area contributed by atoms with Crippen molar-refractivity contribution in [3.05, 3.63) is 65.2 Å². The van der Waals surface area contributed by atoms with E-state index in [9.17, 15) is 4.79 Å². The molecule has 7 heteroatoms. The van der Waals surface area contributed by atoms with Gasteiger partial charge in [-0.15, -0.1) is 0 Å². The van der Waals surface area contributed by atoms with Crippen LogP contribution in [-0.4, -0.2) is 32.8 Å². The van der Waals surface area contributed by atoms with Crippen molar-refractivity contribution < 1.29 is 9.53 Å². The summed E-state index contributed by atoms with van der Waals surface area (Å²) >= 11 is 0. The number of amides is 1. The fourth-order valence-electron chi connectivity index (χ4n) is 2.51. The molecule has 0 saturated carbocycles. The predicted molar refractivity (Wildman–Crippen MR) is 92.8 cm³/mol. The van der Waals surface area contributed by atoms with Crippen LogP contribution in [0.3, 0.4) is 0 Å². The van der Waals surface area contributed by atoms with Gasteiger partial charge in [0.15, 0.2) is 5.82 Å². The predicted octanol–water partition coefficient (Wildman–Crippen LogP) is 2.22. The molecule has 0 aromatic carbocycles. The highest BCUT2D eigenvalue weighted by Gasteiger charge is 2.12. The first-order chi connectivity index (χ1) is 12.1. The van der Waals surface area contributed by atoms with Crippen molar-refractivity contribution in [3.8, 4) is 11.7 Å². The second-order valence-electron chi connectivity index (χ2n) is 5.61. The van der Waals surface area contributed by atoms with E-state index < -0.39 is 0 Å². The first kappa shape index (κ1) is 16.6. The van der Waals surface area contributed by atoms with Crippen molar-refractivity contribution in [2.75, 3.05) is 7.11 Å². The lowest BCUT2D eigenvalue weighted by molar-refractivity contribution is 0.0947. The Morgan fingerprint density at radius 1 is 1.24 bits per heavy atom. The maximum Gasteiger partial charge on any atom is 0.257 e. The van der Waals surface area contributed by atoms with Gasteiger partial charge in [-0.2, -0.15) is 5.10 Å². The Bertz CT molecular complexity index is 887. The van der Waals surface area contributed by atoms with Crippen LogP contribution >= 0.6 is 0 Å². The Morgan fingerprint density at radius 3 is 2.72 bits per heavy atom. The molecule has 3 rings (SSSR count). The minimum Gasteiger partial charge on any atom is -0.480 e. The lowest BCUT2D eigenvalue weighted by Gasteiger charge is -2.09. The fraction of sp³-hybridized carbons (Fsp3) is 0.222. The highest BCUT2D eigenvalue weighted by molar-refractivity contribution is 5.96. The quantitative estimate of drug-likeness (QED) is 0.772. The third kappa shape index (κ3) is 3.65. The van der Waals surface area contributed by atoms with Gasteiger partial charge < -0.3 is 10.1 Å². The number of hydrogen-bond donors (Lipinski definition) is 1. The number of carbonyl (C=O) groups excluding carboxylic acids is 1. The number of nitrogens with one attached hydrogen (secondary N) is 1. The Balaban J connectivity index is 1.68. The topological polar surface area (TPSA) is 81.9 Å². The molecule has 0 radical (unpaired) electrons. The van der Waals surface area contributed by atoms with Crippen LogP contribution in [0.25, 0.3) is 5.82 Å². The van der Waals surface area contributed by atoms with Gasteiger partial charge in [-0.3, -0.25) is 4.79 Å². The summed E-state index contributed by atoms with van der Waals surface area (Å²) in [6.45, 7) is 4.29. The molecule has 0 aliphatic rings. The highest BCUT2D eigenvalue weighted by Crippen LogP contribution is 2.14. The highest BCUT2D eigenvalue weighted by atomic mass is 16.5. The van der Waals surface area contributed by atoms with Crippen LogP contribution in [0.4, 0.5) is 0 Å². The first-order valence-corrected chi connectivity index (χ1v) is 7.84. The fourth-order valence-corrected chi connectivity index (χ4v) is 2.51. The number of aryl methyl sites for hydroxylation is 2. The van der Waals surface area contributed by atoms with E-state index in [0.29, 0.717) is 18.0 Å². The number of carbonyl (C=O) groups is 1. The molecule has 0 aliphatic carbocycles. The summed E-state index contributed by atoms with van der Waals surface area (Å²) in [7, 11) is 1.49. The Kier molecular flexibility index (Phi) is 4.74. The number of pyridine rings is 2. The summed E-state index contributed by atoms with van der Waals surface area (Å²) in [6.07, 6.45) is 3.31. The van der Waals surface area contributed by atoms with Gasteiger partial charge >= 0.3 is 0 Å². The van der Waals surface area contributed by atoms with Crippen molar-refractivity contribution in [2.45, 2.75) is 20.4 Å². The van der Waals surface area contributed by atoms with Gasteiger partial charge in [-0.25, -0.2) is 14.6 Å². The Labute approximate surface area is 145 Å². The molecule has 0 fully saturated rings. The summed E-state index contributed by atoms with van der Waals surface area (Å²) in [6, 6.07) is 9.16. The smallest absolute Gasteiger partial charge is 0.257 e. The first-order valence-electron chi connectivity index (χ1n) is 7.84. The van der Waals surface area contributed by atoms with Crippen LogP contribution in [0.15, 0.2) is 42.7 Å². The SMILES string of the molecule is COc1ncccc1C(=O)NCc1ccc(-n2nc(C)cc2C)nc1. The molecule has 7 nitrogen and oxygen atoms in total. The van der Waals surface area contributed by atoms with Gasteiger partial charge in [-0.05, 0) is 43.7 Å². The van der Waals surface area contributed by atoms with Crippen molar-refractivity contribution >= 4 is 5.91 Å². The molecule has 0 aliphatic heterocycles. The lowest BCUT2D eigenvalue weighted by Crippen LogP contribution is -2.23. The molecular formula is C18H19N5O2. The summed E-state index contributed by atoms with van der Waals surface area (Å²) in [4.78, 5) is 20.7. The molecule has 128 valence electrons. The van der Waals surface area contributed by atoms with E-state index in [1.54, 1.807) is 29.2 Å². The van der Waals surface area contributed by atoms with E-state index in [1.165, 1.54) is 7.11 Å². The molecule has 3 heterocycles. The number of hydrogen-bond acceptors (Lipinski definition) is 5. The van der Waals surface area contributed by atoms with Crippen LogP contribution in [0, 0.1) is 13.8 Å². The average Bonchev–Trinajstić information content (AvgIpc) is 2.98. The second kappa shape index (κ2) is 7.12. The molecule has 0 unspecified atom stereocenters. The largest absolute Gasteiger partial charge is 0.480 e. The van der Waals surface area contributed by atoms with Gasteiger partial charge in [0, 0.05) is 24.6 Å². The maximum absolute atomic E-state index is 12.3. The Hall–Kier alpha value is -3.22. The lowest BCUT2D eigenvalue weighted by atomic mass is 10.2. The summed E-state index contributed by atoms with van der Waals surface area (Å²) < 4.78 is 6.89. The minimum absolute atomic E-state index is 0.243. The molecular weight excluding hydrogens is 318 g/mol. The van der Waals surface area contributed by atoms with E-state index >= 15 is 0 Å². The number of nitrogens with zero attached hydrogens (tertiary/aromatic N) is 4. The average molecular weight is 337 g/mol. The van der Waals surface area contributed by atoms with E-state index in [0.717, 1.165) is 22.8 Å². The number of ether oxygens (including phenoxy) is 1. The van der Waals surface area contributed by atoms with Crippen LogP contribution < -0.4 is 10.1 Å². The molecule has 1 N–H and O–H groups in total. The van der Waals surface area contributed by atoms with Gasteiger partial charge in [0.25, 0.3) is 5.91 Å². The van der Waals surface area contributed by atoms with Crippen LogP contribution in [0.5, 0.6) is 5.88 Å².